The van der Waals surface area contributed by atoms with E-state index in [1.807, 2.05) is 6.92 Å². The molecular weight excluding hydrogens is 288 g/mol. The van der Waals surface area contributed by atoms with E-state index in [1.54, 1.807) is 49.6 Å². The van der Waals surface area contributed by atoms with E-state index in [9.17, 15) is 9.90 Å². The van der Waals surface area contributed by atoms with Crippen LogP contribution in [0.15, 0.2) is 47.4 Å². The largest absolute Gasteiger partial charge is 0.497 e. The van der Waals surface area contributed by atoms with Gasteiger partial charge in [-0.05, 0) is 30.0 Å². The van der Waals surface area contributed by atoms with Gasteiger partial charge < -0.3 is 14.6 Å². The average Bonchev–Trinajstić information content (AvgIpc) is 2.47. The van der Waals surface area contributed by atoms with Gasteiger partial charge in [-0.1, -0.05) is 19.1 Å². The minimum absolute atomic E-state index is 0.187. The lowest BCUT2D eigenvalue weighted by Gasteiger charge is -2.12. The van der Waals surface area contributed by atoms with Crippen molar-refractivity contribution in [2.24, 2.45) is 0 Å². The number of methoxy groups -OCH3 is 1. The molecule has 0 fully saturated rings. The van der Waals surface area contributed by atoms with Crippen LogP contribution >= 0.6 is 11.8 Å². The number of aromatic carboxylic acids is 1. The topological polar surface area (TPSA) is 55.8 Å². The van der Waals surface area contributed by atoms with Gasteiger partial charge in [-0.2, -0.15) is 0 Å². The van der Waals surface area contributed by atoms with Gasteiger partial charge in [0.05, 0.1) is 7.11 Å². The zero-order valence-corrected chi connectivity index (χ0v) is 12.6. The Morgan fingerprint density at radius 1 is 1.19 bits per heavy atom. The van der Waals surface area contributed by atoms with E-state index < -0.39 is 5.97 Å². The maximum atomic E-state index is 11.5. The number of rotatable bonds is 6. The molecule has 21 heavy (non-hydrogen) atoms. The molecule has 0 unspecified atom stereocenters. The maximum Gasteiger partial charge on any atom is 0.340 e. The highest BCUT2D eigenvalue weighted by molar-refractivity contribution is 7.99. The first-order valence-electron chi connectivity index (χ1n) is 6.46. The van der Waals surface area contributed by atoms with Crippen LogP contribution in [0.25, 0.3) is 0 Å². The zero-order chi connectivity index (χ0) is 15.2. The van der Waals surface area contributed by atoms with Crippen molar-refractivity contribution in [3.63, 3.8) is 0 Å². The first-order chi connectivity index (χ1) is 10.2. The number of hydrogen-bond donors (Lipinski definition) is 1. The second-order valence-electron chi connectivity index (χ2n) is 4.15. The van der Waals surface area contributed by atoms with Crippen LogP contribution in [0.4, 0.5) is 0 Å². The predicted molar refractivity (Wildman–Crippen MR) is 82.9 cm³/mol. The van der Waals surface area contributed by atoms with Gasteiger partial charge in [0.1, 0.15) is 22.8 Å². The van der Waals surface area contributed by atoms with Crippen molar-refractivity contribution in [2.75, 3.05) is 12.9 Å². The standard InChI is InChI=1S/C16H16O4S/c1-3-21-14-9-5-8-13(15(14)16(17)18)20-12-7-4-6-11(10-12)19-2/h4-10H,3H2,1-2H3,(H,17,18). The van der Waals surface area contributed by atoms with Crippen LogP contribution in [0, 0.1) is 0 Å². The van der Waals surface area contributed by atoms with Gasteiger partial charge in [-0.25, -0.2) is 4.79 Å². The molecule has 110 valence electrons. The molecule has 2 aromatic rings. The molecule has 2 rings (SSSR count). The molecule has 0 aromatic heterocycles. The second kappa shape index (κ2) is 7.04. The van der Waals surface area contributed by atoms with Gasteiger partial charge in [-0.15, -0.1) is 11.8 Å². The number of ether oxygens (including phenoxy) is 2. The van der Waals surface area contributed by atoms with Crippen molar-refractivity contribution >= 4 is 17.7 Å². The summed E-state index contributed by atoms with van der Waals surface area (Å²) in [5.41, 5.74) is 0.187. The Hall–Kier alpha value is -2.14. The zero-order valence-electron chi connectivity index (χ0n) is 11.8. The van der Waals surface area contributed by atoms with Crippen LogP contribution in [-0.2, 0) is 0 Å². The van der Waals surface area contributed by atoms with E-state index in [-0.39, 0.29) is 5.56 Å². The number of hydrogen-bond acceptors (Lipinski definition) is 4. The Morgan fingerprint density at radius 2 is 1.90 bits per heavy atom. The summed E-state index contributed by atoms with van der Waals surface area (Å²) in [7, 11) is 1.57. The highest BCUT2D eigenvalue weighted by Crippen LogP contribution is 2.33. The normalized spacial score (nSPS) is 10.2. The predicted octanol–water partition coefficient (Wildman–Crippen LogP) is 4.30. The van der Waals surface area contributed by atoms with Crippen molar-refractivity contribution in [2.45, 2.75) is 11.8 Å². The first-order valence-corrected chi connectivity index (χ1v) is 7.45. The fraction of sp³-hybridized carbons (Fsp3) is 0.188. The fourth-order valence-corrected chi connectivity index (χ4v) is 2.69. The Bertz CT molecular complexity index is 640. The van der Waals surface area contributed by atoms with E-state index >= 15 is 0 Å². The summed E-state index contributed by atoms with van der Waals surface area (Å²) in [5.74, 6) is 1.32. The summed E-state index contributed by atoms with van der Waals surface area (Å²) in [6.07, 6.45) is 0. The van der Waals surface area contributed by atoms with Gasteiger partial charge in [0.15, 0.2) is 0 Å². The first kappa shape index (κ1) is 15.3. The summed E-state index contributed by atoms with van der Waals surface area (Å²) in [6.45, 7) is 1.98. The van der Waals surface area contributed by atoms with Gasteiger partial charge >= 0.3 is 5.97 Å². The van der Waals surface area contributed by atoms with Crippen molar-refractivity contribution in [1.82, 2.24) is 0 Å². The third-order valence-electron chi connectivity index (χ3n) is 2.77. The SMILES string of the molecule is CCSc1cccc(Oc2cccc(OC)c2)c1C(=O)O. The summed E-state index contributed by atoms with van der Waals surface area (Å²) in [5, 5.41) is 9.43. The lowest BCUT2D eigenvalue weighted by atomic mass is 10.2. The van der Waals surface area contributed by atoms with E-state index in [4.69, 9.17) is 9.47 Å². The van der Waals surface area contributed by atoms with E-state index in [0.29, 0.717) is 22.1 Å². The molecule has 0 heterocycles. The van der Waals surface area contributed by atoms with E-state index in [2.05, 4.69) is 0 Å². The molecule has 0 saturated carbocycles. The average molecular weight is 304 g/mol. The minimum Gasteiger partial charge on any atom is -0.497 e. The number of carbonyl (C=O) groups is 1. The molecule has 0 aliphatic rings. The Balaban J connectivity index is 2.38. The highest BCUT2D eigenvalue weighted by Gasteiger charge is 2.17. The van der Waals surface area contributed by atoms with Gasteiger partial charge in [0.25, 0.3) is 0 Å². The van der Waals surface area contributed by atoms with Crippen LogP contribution < -0.4 is 9.47 Å². The molecule has 1 N–H and O–H groups in total. The van der Waals surface area contributed by atoms with Crippen molar-refractivity contribution in [3.8, 4) is 17.2 Å². The van der Waals surface area contributed by atoms with Crippen LogP contribution in [0.5, 0.6) is 17.2 Å². The van der Waals surface area contributed by atoms with Gasteiger partial charge in [-0.3, -0.25) is 0 Å². The summed E-state index contributed by atoms with van der Waals surface area (Å²) in [6, 6.07) is 12.3. The second-order valence-corrected chi connectivity index (χ2v) is 5.45. The molecule has 0 atom stereocenters. The van der Waals surface area contributed by atoms with Gasteiger partial charge in [0, 0.05) is 11.0 Å². The number of carboxylic acids is 1. The lowest BCUT2D eigenvalue weighted by molar-refractivity contribution is 0.0690. The molecule has 0 bridgehead atoms. The number of benzene rings is 2. The van der Waals surface area contributed by atoms with Crippen molar-refractivity contribution < 1.29 is 19.4 Å². The molecule has 5 heteroatoms. The highest BCUT2D eigenvalue weighted by atomic mass is 32.2. The Labute approximate surface area is 127 Å². The molecule has 0 amide bonds. The molecule has 0 saturated heterocycles. The molecule has 2 aromatic carbocycles. The number of thioether (sulfide) groups is 1. The minimum atomic E-state index is -0.996. The van der Waals surface area contributed by atoms with Crippen LogP contribution in [0.3, 0.4) is 0 Å². The van der Waals surface area contributed by atoms with Crippen LogP contribution in [-0.4, -0.2) is 23.9 Å². The fourth-order valence-electron chi connectivity index (χ4n) is 1.87. The monoisotopic (exact) mass is 304 g/mol. The summed E-state index contributed by atoms with van der Waals surface area (Å²) in [4.78, 5) is 12.2. The molecule has 0 radical (unpaired) electrons. The third kappa shape index (κ3) is 3.70. The Kier molecular flexibility index (Phi) is 5.11. The number of carboxylic acid groups (broad SMARTS) is 1. The molecule has 0 aliphatic heterocycles. The quantitative estimate of drug-likeness (QED) is 0.806. The molecule has 4 nitrogen and oxygen atoms in total. The van der Waals surface area contributed by atoms with E-state index in [1.165, 1.54) is 11.8 Å². The van der Waals surface area contributed by atoms with Crippen molar-refractivity contribution in [1.29, 1.82) is 0 Å². The van der Waals surface area contributed by atoms with Gasteiger partial charge in [0.2, 0.25) is 0 Å². The van der Waals surface area contributed by atoms with Crippen molar-refractivity contribution in [3.05, 3.63) is 48.0 Å². The lowest BCUT2D eigenvalue weighted by Crippen LogP contribution is -2.02. The third-order valence-corrected chi connectivity index (χ3v) is 3.71. The summed E-state index contributed by atoms with van der Waals surface area (Å²) >= 11 is 1.48. The molecule has 0 spiro atoms. The summed E-state index contributed by atoms with van der Waals surface area (Å²) < 4.78 is 10.9. The maximum absolute atomic E-state index is 11.5. The van der Waals surface area contributed by atoms with E-state index in [0.717, 1.165) is 5.75 Å². The smallest absolute Gasteiger partial charge is 0.340 e. The molecule has 0 aliphatic carbocycles. The Morgan fingerprint density at radius 3 is 2.57 bits per heavy atom. The van der Waals surface area contributed by atoms with Crippen LogP contribution in [0.1, 0.15) is 17.3 Å². The molecular formula is C16H16O4S. The van der Waals surface area contributed by atoms with Crippen LogP contribution in [0.2, 0.25) is 0 Å².